The summed E-state index contributed by atoms with van der Waals surface area (Å²) in [5.41, 5.74) is -1.14. The van der Waals surface area contributed by atoms with Gasteiger partial charge in [0.1, 0.15) is 5.60 Å². The number of piperidine rings is 1. The van der Waals surface area contributed by atoms with Gasteiger partial charge in [0.2, 0.25) is 11.8 Å². The molecule has 6 nitrogen and oxygen atoms in total. The summed E-state index contributed by atoms with van der Waals surface area (Å²) in [4.78, 5) is 37.9. The van der Waals surface area contributed by atoms with E-state index < -0.39 is 11.0 Å². The minimum atomic E-state index is -0.608. The van der Waals surface area contributed by atoms with Crippen molar-refractivity contribution in [3.63, 3.8) is 0 Å². The first-order valence-electron chi connectivity index (χ1n) is 8.34. The van der Waals surface area contributed by atoms with Gasteiger partial charge in [-0.15, -0.1) is 0 Å². The summed E-state index contributed by atoms with van der Waals surface area (Å²) in [5.74, 6) is -0.388. The van der Waals surface area contributed by atoms with Crippen molar-refractivity contribution in [2.24, 2.45) is 11.3 Å². The van der Waals surface area contributed by atoms with Crippen LogP contribution < -0.4 is 5.32 Å². The maximum absolute atomic E-state index is 12.6. The Bertz CT molecular complexity index is 458. The van der Waals surface area contributed by atoms with E-state index in [0.29, 0.717) is 25.9 Å². The third kappa shape index (κ3) is 4.94. The second kappa shape index (κ2) is 7.32. The molecule has 1 fully saturated rings. The Hall–Kier alpha value is -1.59. The van der Waals surface area contributed by atoms with Gasteiger partial charge >= 0.3 is 6.09 Å². The van der Waals surface area contributed by atoms with Crippen LogP contribution in [0.15, 0.2) is 0 Å². The molecule has 0 aromatic carbocycles. The van der Waals surface area contributed by atoms with Crippen LogP contribution in [0.1, 0.15) is 60.8 Å². The fourth-order valence-electron chi connectivity index (χ4n) is 2.82. The first-order chi connectivity index (χ1) is 10.5. The van der Waals surface area contributed by atoms with E-state index in [1.807, 2.05) is 34.6 Å². The summed E-state index contributed by atoms with van der Waals surface area (Å²) in [6.07, 6.45) is 1.00. The molecule has 0 radical (unpaired) electrons. The summed E-state index contributed by atoms with van der Waals surface area (Å²) < 4.78 is 5.38. The van der Waals surface area contributed by atoms with E-state index in [2.05, 4.69) is 5.32 Å². The van der Waals surface area contributed by atoms with E-state index in [9.17, 15) is 14.4 Å². The molecule has 0 bridgehead atoms. The summed E-state index contributed by atoms with van der Waals surface area (Å²) >= 11 is 0. The number of hydrogen-bond acceptors (Lipinski definition) is 4. The highest BCUT2D eigenvalue weighted by molar-refractivity contribution is 5.98. The number of imide groups is 1. The maximum atomic E-state index is 12.6. The normalized spacial score (nSPS) is 17.8. The van der Waals surface area contributed by atoms with E-state index in [1.54, 1.807) is 11.8 Å². The Morgan fingerprint density at radius 1 is 1.17 bits per heavy atom. The minimum absolute atomic E-state index is 0.0907. The standard InChI is InChI=1S/C17H30N2O4/c1-7-13(20)18-14(21)17(12(2)3)8-10-19(11-9-17)15(22)23-16(4,5)6/h12H,7-11H2,1-6H3,(H,18,20,21). The van der Waals surface area contributed by atoms with E-state index in [-0.39, 0.29) is 30.2 Å². The van der Waals surface area contributed by atoms with Gasteiger partial charge in [0.05, 0.1) is 5.41 Å². The van der Waals surface area contributed by atoms with Gasteiger partial charge in [-0.05, 0) is 39.5 Å². The van der Waals surface area contributed by atoms with Crippen molar-refractivity contribution in [3.8, 4) is 0 Å². The van der Waals surface area contributed by atoms with Crippen LogP contribution in [0.4, 0.5) is 4.79 Å². The lowest BCUT2D eigenvalue weighted by atomic mass is 9.69. The first-order valence-corrected chi connectivity index (χ1v) is 8.34. The fourth-order valence-corrected chi connectivity index (χ4v) is 2.82. The highest BCUT2D eigenvalue weighted by Crippen LogP contribution is 2.39. The topological polar surface area (TPSA) is 75.7 Å². The van der Waals surface area contributed by atoms with Gasteiger partial charge in [-0.1, -0.05) is 20.8 Å². The lowest BCUT2D eigenvalue weighted by Gasteiger charge is -2.43. The number of ether oxygens (including phenoxy) is 1. The first kappa shape index (κ1) is 19.5. The number of likely N-dealkylation sites (tertiary alicyclic amines) is 1. The fraction of sp³-hybridized carbons (Fsp3) is 0.824. The second-order valence-corrected chi connectivity index (χ2v) is 7.51. The third-order valence-electron chi connectivity index (χ3n) is 4.44. The molecule has 0 saturated carbocycles. The molecule has 0 unspecified atom stereocenters. The van der Waals surface area contributed by atoms with Crippen molar-refractivity contribution < 1.29 is 19.1 Å². The molecule has 1 saturated heterocycles. The number of hydrogen-bond donors (Lipinski definition) is 1. The molecule has 132 valence electrons. The Labute approximate surface area is 138 Å². The van der Waals surface area contributed by atoms with Gasteiger partial charge in [0.25, 0.3) is 0 Å². The number of carbonyl (C=O) groups excluding carboxylic acids is 3. The van der Waals surface area contributed by atoms with Crippen molar-refractivity contribution in [3.05, 3.63) is 0 Å². The number of nitrogens with one attached hydrogen (secondary N) is 1. The summed E-state index contributed by atoms with van der Waals surface area (Å²) in [6.45, 7) is 12.1. The molecule has 3 amide bonds. The average molecular weight is 326 g/mol. The molecule has 6 heteroatoms. The van der Waals surface area contributed by atoms with E-state index in [1.165, 1.54) is 0 Å². The molecule has 0 spiro atoms. The number of rotatable bonds is 3. The molecule has 0 aromatic heterocycles. The van der Waals surface area contributed by atoms with Crippen molar-refractivity contribution in [2.75, 3.05) is 13.1 Å². The molecule has 0 aromatic rings. The Morgan fingerprint density at radius 2 is 1.70 bits per heavy atom. The molecule has 1 aliphatic rings. The van der Waals surface area contributed by atoms with Crippen LogP contribution in [0, 0.1) is 11.3 Å². The quantitative estimate of drug-likeness (QED) is 0.865. The molecule has 1 rings (SSSR count). The molecular weight excluding hydrogens is 296 g/mol. The molecule has 1 heterocycles. The van der Waals surface area contributed by atoms with Crippen molar-refractivity contribution in [1.29, 1.82) is 0 Å². The third-order valence-corrected chi connectivity index (χ3v) is 4.44. The Balaban J connectivity index is 2.76. The maximum Gasteiger partial charge on any atom is 0.410 e. The van der Waals surface area contributed by atoms with Gasteiger partial charge < -0.3 is 9.64 Å². The zero-order valence-electron chi connectivity index (χ0n) is 15.2. The minimum Gasteiger partial charge on any atom is -0.444 e. The number of carbonyl (C=O) groups is 3. The lowest BCUT2D eigenvalue weighted by Crippen LogP contribution is -2.54. The number of nitrogens with zero attached hydrogens (tertiary/aromatic N) is 1. The second-order valence-electron chi connectivity index (χ2n) is 7.51. The highest BCUT2D eigenvalue weighted by atomic mass is 16.6. The predicted octanol–water partition coefficient (Wildman–Crippen LogP) is 2.71. The molecule has 0 atom stereocenters. The van der Waals surface area contributed by atoms with Crippen LogP contribution in [0.5, 0.6) is 0 Å². The zero-order chi connectivity index (χ0) is 17.8. The van der Waals surface area contributed by atoms with Crippen LogP contribution in [0.3, 0.4) is 0 Å². The van der Waals surface area contributed by atoms with Crippen molar-refractivity contribution >= 4 is 17.9 Å². The Kier molecular flexibility index (Phi) is 6.19. The summed E-state index contributed by atoms with van der Waals surface area (Å²) in [5, 5.41) is 2.49. The van der Waals surface area contributed by atoms with Gasteiger partial charge in [0.15, 0.2) is 0 Å². The van der Waals surface area contributed by atoms with Crippen LogP contribution >= 0.6 is 0 Å². The average Bonchev–Trinajstić information content (AvgIpc) is 2.44. The summed E-state index contributed by atoms with van der Waals surface area (Å²) in [7, 11) is 0. The summed E-state index contributed by atoms with van der Waals surface area (Å²) in [6, 6.07) is 0. The van der Waals surface area contributed by atoms with Crippen LogP contribution in [-0.4, -0.2) is 41.5 Å². The van der Waals surface area contributed by atoms with Crippen LogP contribution in [0.25, 0.3) is 0 Å². The van der Waals surface area contributed by atoms with Gasteiger partial charge in [-0.3, -0.25) is 14.9 Å². The van der Waals surface area contributed by atoms with Gasteiger partial charge in [-0.25, -0.2) is 4.79 Å². The SMILES string of the molecule is CCC(=O)NC(=O)C1(C(C)C)CCN(C(=O)OC(C)(C)C)CC1. The predicted molar refractivity (Wildman–Crippen MR) is 87.8 cm³/mol. The molecular formula is C17H30N2O4. The van der Waals surface area contributed by atoms with Crippen LogP contribution in [0.2, 0.25) is 0 Å². The highest BCUT2D eigenvalue weighted by Gasteiger charge is 2.45. The lowest BCUT2D eigenvalue weighted by molar-refractivity contribution is -0.141. The largest absolute Gasteiger partial charge is 0.444 e. The Morgan fingerprint density at radius 3 is 2.09 bits per heavy atom. The zero-order valence-corrected chi connectivity index (χ0v) is 15.2. The molecule has 1 N–H and O–H groups in total. The molecule has 0 aliphatic carbocycles. The molecule has 1 aliphatic heterocycles. The monoisotopic (exact) mass is 326 g/mol. The number of amides is 3. The van der Waals surface area contributed by atoms with Crippen molar-refractivity contribution in [2.45, 2.75) is 66.4 Å². The van der Waals surface area contributed by atoms with E-state index in [0.717, 1.165) is 0 Å². The van der Waals surface area contributed by atoms with Gasteiger partial charge in [0, 0.05) is 19.5 Å². The smallest absolute Gasteiger partial charge is 0.410 e. The van der Waals surface area contributed by atoms with Gasteiger partial charge in [-0.2, -0.15) is 0 Å². The van der Waals surface area contributed by atoms with Crippen LogP contribution in [-0.2, 0) is 14.3 Å². The van der Waals surface area contributed by atoms with Crippen molar-refractivity contribution in [1.82, 2.24) is 10.2 Å². The van der Waals surface area contributed by atoms with E-state index >= 15 is 0 Å². The van der Waals surface area contributed by atoms with E-state index in [4.69, 9.17) is 4.74 Å². The molecule has 23 heavy (non-hydrogen) atoms.